The van der Waals surface area contributed by atoms with Crippen LogP contribution in [0.1, 0.15) is 40.4 Å². The Morgan fingerprint density at radius 3 is 2.72 bits per heavy atom. The number of aromatic nitrogens is 1. The van der Waals surface area contributed by atoms with Gasteiger partial charge in [0.1, 0.15) is 0 Å². The van der Waals surface area contributed by atoms with Crippen LogP contribution in [0.4, 0.5) is 0 Å². The Hall–Kier alpha value is -1.19. The van der Waals surface area contributed by atoms with E-state index in [9.17, 15) is 0 Å². The molecule has 2 heterocycles. The molecule has 2 aromatic heterocycles. The molecule has 18 heavy (non-hydrogen) atoms. The minimum absolute atomic E-state index is 0.227. The maximum atomic E-state index is 4.56. The van der Waals surface area contributed by atoms with Crippen molar-refractivity contribution in [3.8, 4) is 0 Å². The Bertz CT molecular complexity index is 505. The molecule has 0 amide bonds. The molecule has 2 aromatic rings. The topological polar surface area (TPSA) is 24.9 Å². The van der Waals surface area contributed by atoms with Gasteiger partial charge < -0.3 is 5.32 Å². The first-order valence-electron chi connectivity index (χ1n) is 6.43. The Morgan fingerprint density at radius 2 is 2.11 bits per heavy atom. The fourth-order valence-corrected chi connectivity index (χ4v) is 2.99. The number of nitrogens with zero attached hydrogens (tertiary/aromatic N) is 1. The summed E-state index contributed by atoms with van der Waals surface area (Å²) < 4.78 is 0. The lowest BCUT2D eigenvalue weighted by atomic mass is 10.1. The zero-order chi connectivity index (χ0) is 13.0. The molecule has 0 saturated carbocycles. The Kier molecular flexibility index (Phi) is 4.50. The van der Waals surface area contributed by atoms with Crippen LogP contribution in [0.2, 0.25) is 0 Å². The van der Waals surface area contributed by atoms with Gasteiger partial charge in [-0.2, -0.15) is 0 Å². The first-order valence-corrected chi connectivity index (χ1v) is 7.25. The SMILES string of the molecule is CCCNC(c1ccc(C)s1)c1ncccc1C. The average molecular weight is 260 g/mol. The molecule has 0 bridgehead atoms. The Morgan fingerprint density at radius 1 is 1.28 bits per heavy atom. The molecular weight excluding hydrogens is 240 g/mol. The molecule has 2 rings (SSSR count). The van der Waals surface area contributed by atoms with E-state index in [2.05, 4.69) is 49.3 Å². The van der Waals surface area contributed by atoms with Crippen molar-refractivity contribution in [2.75, 3.05) is 6.54 Å². The first-order chi connectivity index (χ1) is 8.72. The van der Waals surface area contributed by atoms with Crippen molar-refractivity contribution in [2.45, 2.75) is 33.2 Å². The van der Waals surface area contributed by atoms with Gasteiger partial charge in [0, 0.05) is 16.0 Å². The molecule has 0 spiro atoms. The molecule has 0 radical (unpaired) electrons. The van der Waals surface area contributed by atoms with E-state index in [-0.39, 0.29) is 6.04 Å². The molecule has 1 atom stereocenters. The largest absolute Gasteiger partial charge is 0.304 e. The number of thiophene rings is 1. The average Bonchev–Trinajstić information content (AvgIpc) is 2.78. The molecule has 0 aliphatic rings. The van der Waals surface area contributed by atoms with Gasteiger partial charge >= 0.3 is 0 Å². The fraction of sp³-hybridized carbons (Fsp3) is 0.400. The standard InChI is InChI=1S/C15H20N2S/c1-4-9-16-15(13-8-7-12(3)18-13)14-11(2)6-5-10-17-14/h5-8,10,15-16H,4,9H2,1-3H3. The summed E-state index contributed by atoms with van der Waals surface area (Å²) in [6, 6.07) is 8.74. The van der Waals surface area contributed by atoms with Crippen molar-refractivity contribution >= 4 is 11.3 Å². The van der Waals surface area contributed by atoms with Crippen LogP contribution in [0.3, 0.4) is 0 Å². The second kappa shape index (κ2) is 6.12. The molecule has 0 aliphatic carbocycles. The van der Waals surface area contributed by atoms with Gasteiger partial charge in [-0.1, -0.05) is 13.0 Å². The molecule has 3 heteroatoms. The van der Waals surface area contributed by atoms with E-state index in [1.54, 1.807) is 0 Å². The Labute approximate surface area is 113 Å². The van der Waals surface area contributed by atoms with Gasteiger partial charge in [-0.3, -0.25) is 4.98 Å². The second-order valence-corrected chi connectivity index (χ2v) is 5.86. The van der Waals surface area contributed by atoms with E-state index in [1.165, 1.54) is 15.3 Å². The van der Waals surface area contributed by atoms with Gasteiger partial charge in [0.15, 0.2) is 0 Å². The van der Waals surface area contributed by atoms with Crippen LogP contribution in [0.5, 0.6) is 0 Å². The monoisotopic (exact) mass is 260 g/mol. The van der Waals surface area contributed by atoms with Crippen LogP contribution < -0.4 is 5.32 Å². The molecular formula is C15H20N2S. The lowest BCUT2D eigenvalue weighted by Gasteiger charge is -2.18. The minimum Gasteiger partial charge on any atom is -0.304 e. The quantitative estimate of drug-likeness (QED) is 0.883. The number of rotatable bonds is 5. The predicted molar refractivity (Wildman–Crippen MR) is 78.2 cm³/mol. The van der Waals surface area contributed by atoms with Gasteiger partial charge in [0.05, 0.1) is 11.7 Å². The van der Waals surface area contributed by atoms with E-state index in [1.807, 2.05) is 23.6 Å². The third-order valence-electron chi connectivity index (χ3n) is 2.97. The summed E-state index contributed by atoms with van der Waals surface area (Å²) in [4.78, 5) is 7.26. The van der Waals surface area contributed by atoms with Crippen LogP contribution in [0.15, 0.2) is 30.5 Å². The lowest BCUT2D eigenvalue weighted by Crippen LogP contribution is -2.24. The van der Waals surface area contributed by atoms with Crippen molar-refractivity contribution in [1.29, 1.82) is 0 Å². The maximum Gasteiger partial charge on any atom is 0.0847 e. The van der Waals surface area contributed by atoms with Crippen molar-refractivity contribution in [3.05, 3.63) is 51.5 Å². The highest BCUT2D eigenvalue weighted by Crippen LogP contribution is 2.28. The fourth-order valence-electron chi connectivity index (χ4n) is 2.03. The van der Waals surface area contributed by atoms with Crippen molar-refractivity contribution in [2.24, 2.45) is 0 Å². The van der Waals surface area contributed by atoms with Crippen LogP contribution in [0.25, 0.3) is 0 Å². The van der Waals surface area contributed by atoms with Crippen LogP contribution >= 0.6 is 11.3 Å². The van der Waals surface area contributed by atoms with Crippen LogP contribution in [-0.2, 0) is 0 Å². The third-order valence-corrected chi connectivity index (χ3v) is 4.03. The number of aryl methyl sites for hydroxylation is 2. The number of hydrogen-bond donors (Lipinski definition) is 1. The minimum atomic E-state index is 0.227. The molecule has 1 unspecified atom stereocenters. The first kappa shape index (κ1) is 13.2. The highest BCUT2D eigenvalue weighted by Gasteiger charge is 2.17. The number of hydrogen-bond acceptors (Lipinski definition) is 3. The van der Waals surface area contributed by atoms with Gasteiger partial charge in [-0.15, -0.1) is 11.3 Å². The van der Waals surface area contributed by atoms with Gasteiger partial charge in [-0.05, 0) is 50.6 Å². The van der Waals surface area contributed by atoms with E-state index >= 15 is 0 Å². The summed E-state index contributed by atoms with van der Waals surface area (Å²) in [5.74, 6) is 0. The van der Waals surface area contributed by atoms with E-state index in [4.69, 9.17) is 0 Å². The summed E-state index contributed by atoms with van der Waals surface area (Å²) >= 11 is 1.85. The molecule has 0 saturated heterocycles. The smallest absolute Gasteiger partial charge is 0.0847 e. The van der Waals surface area contributed by atoms with Crippen molar-refractivity contribution < 1.29 is 0 Å². The molecule has 0 fully saturated rings. The van der Waals surface area contributed by atoms with Gasteiger partial charge in [-0.25, -0.2) is 0 Å². The zero-order valence-electron chi connectivity index (χ0n) is 11.2. The summed E-state index contributed by atoms with van der Waals surface area (Å²) in [6.45, 7) is 7.48. The lowest BCUT2D eigenvalue weighted by molar-refractivity contribution is 0.591. The molecule has 2 nitrogen and oxygen atoms in total. The molecule has 0 aliphatic heterocycles. The predicted octanol–water partition coefficient (Wildman–Crippen LogP) is 3.85. The molecule has 0 aromatic carbocycles. The molecule has 1 N–H and O–H groups in total. The number of nitrogens with one attached hydrogen (secondary N) is 1. The zero-order valence-corrected chi connectivity index (χ0v) is 12.1. The van der Waals surface area contributed by atoms with Crippen molar-refractivity contribution in [1.82, 2.24) is 10.3 Å². The highest BCUT2D eigenvalue weighted by atomic mass is 32.1. The van der Waals surface area contributed by atoms with Crippen molar-refractivity contribution in [3.63, 3.8) is 0 Å². The van der Waals surface area contributed by atoms with Gasteiger partial charge in [0.25, 0.3) is 0 Å². The number of pyridine rings is 1. The highest BCUT2D eigenvalue weighted by molar-refractivity contribution is 7.12. The van der Waals surface area contributed by atoms with E-state index in [0.717, 1.165) is 18.7 Å². The summed E-state index contributed by atoms with van der Waals surface area (Å²) in [5, 5.41) is 3.60. The summed E-state index contributed by atoms with van der Waals surface area (Å²) in [5.41, 5.74) is 2.39. The summed E-state index contributed by atoms with van der Waals surface area (Å²) in [7, 11) is 0. The maximum absolute atomic E-state index is 4.56. The van der Waals surface area contributed by atoms with Gasteiger partial charge in [0.2, 0.25) is 0 Å². The molecule has 96 valence electrons. The second-order valence-electron chi connectivity index (χ2n) is 4.54. The Balaban J connectivity index is 2.33. The normalized spacial score (nSPS) is 12.6. The summed E-state index contributed by atoms with van der Waals surface area (Å²) in [6.07, 6.45) is 3.01. The van der Waals surface area contributed by atoms with Crippen LogP contribution in [-0.4, -0.2) is 11.5 Å². The van der Waals surface area contributed by atoms with Crippen LogP contribution in [0, 0.1) is 13.8 Å². The van der Waals surface area contributed by atoms with E-state index < -0.39 is 0 Å². The third kappa shape index (κ3) is 2.98. The van der Waals surface area contributed by atoms with E-state index in [0.29, 0.717) is 0 Å².